The van der Waals surface area contributed by atoms with Crippen LogP contribution in [0.1, 0.15) is 26.2 Å². The predicted molar refractivity (Wildman–Crippen MR) is 55.1 cm³/mol. The summed E-state index contributed by atoms with van der Waals surface area (Å²) < 4.78 is 0. The molecule has 0 amide bonds. The second-order valence-corrected chi connectivity index (χ2v) is 32.9. The Morgan fingerprint density at radius 3 is 1.90 bits per heavy atom. The summed E-state index contributed by atoms with van der Waals surface area (Å²) in [6.07, 6.45) is 4.79. The molecule has 1 N–H and O–H groups in total. The van der Waals surface area contributed by atoms with Crippen LogP contribution in [0.25, 0.3) is 0 Å². The van der Waals surface area contributed by atoms with Gasteiger partial charge in [-0.3, -0.25) is 0 Å². The molecular formula is C5H11Br3IrN. The van der Waals surface area contributed by atoms with Crippen LogP contribution in [0.3, 0.4) is 0 Å². The first kappa shape index (κ1) is 14.3. The zero-order valence-corrected chi connectivity index (χ0v) is 12.8. The Bertz CT molecular complexity index is 67.2. The van der Waals surface area contributed by atoms with Gasteiger partial charge in [-0.15, -0.1) is 0 Å². The van der Waals surface area contributed by atoms with E-state index in [-0.39, 0.29) is 0 Å². The first-order chi connectivity index (χ1) is 4.65. The van der Waals surface area contributed by atoms with E-state index in [1.807, 2.05) is 0 Å². The average molecular weight is 517 g/mol. The number of unbranched alkanes of at least 4 members (excludes halogenated alkanes) is 2. The molecule has 0 saturated heterocycles. The van der Waals surface area contributed by atoms with Crippen molar-refractivity contribution in [1.82, 2.24) is 0 Å². The number of hydrogen-bond acceptors (Lipinski definition) is 1. The van der Waals surface area contributed by atoms with Crippen molar-refractivity contribution in [2.45, 2.75) is 26.2 Å². The summed E-state index contributed by atoms with van der Waals surface area (Å²) >= 11 is 9.81. The summed E-state index contributed by atoms with van der Waals surface area (Å²) in [6.45, 7) is 2.13. The van der Waals surface area contributed by atoms with Crippen molar-refractivity contribution in [3.05, 3.63) is 0 Å². The second-order valence-electron chi connectivity index (χ2n) is 1.49. The SMILES string of the molecule is CCCCC=N.[Br][Ir]([Br])[Br]. The molecule has 0 spiro atoms. The van der Waals surface area contributed by atoms with Gasteiger partial charge in [0.1, 0.15) is 0 Å². The van der Waals surface area contributed by atoms with Gasteiger partial charge in [-0.05, 0) is 19.1 Å². The van der Waals surface area contributed by atoms with Gasteiger partial charge in [0.15, 0.2) is 0 Å². The quantitative estimate of drug-likeness (QED) is 0.426. The van der Waals surface area contributed by atoms with Crippen LogP contribution >= 0.6 is 40.5 Å². The molecule has 0 fully saturated rings. The minimum absolute atomic E-state index is 0.896. The van der Waals surface area contributed by atoms with Crippen LogP contribution in [-0.2, 0) is 10.5 Å². The van der Waals surface area contributed by atoms with Crippen molar-refractivity contribution in [1.29, 1.82) is 5.41 Å². The summed E-state index contributed by atoms with van der Waals surface area (Å²) in [5.41, 5.74) is 0. The number of halogens is 3. The fourth-order valence-corrected chi connectivity index (χ4v) is 0.306. The molecule has 1 nitrogen and oxygen atoms in total. The number of nitrogens with one attached hydrogen (secondary N) is 1. The third kappa shape index (κ3) is 33.1. The molecule has 0 rings (SSSR count). The monoisotopic (exact) mass is 515 g/mol. The molecule has 0 heterocycles. The van der Waals surface area contributed by atoms with E-state index < -0.39 is 10.5 Å². The molecule has 0 atom stereocenters. The van der Waals surface area contributed by atoms with Crippen molar-refractivity contribution in [2.24, 2.45) is 0 Å². The van der Waals surface area contributed by atoms with Crippen molar-refractivity contribution in [2.75, 3.05) is 0 Å². The van der Waals surface area contributed by atoms with Crippen LogP contribution in [0.15, 0.2) is 0 Å². The van der Waals surface area contributed by atoms with E-state index in [4.69, 9.17) is 5.41 Å². The number of hydrogen-bond donors (Lipinski definition) is 1. The van der Waals surface area contributed by atoms with Gasteiger partial charge in [-0.2, -0.15) is 0 Å². The molecule has 5 heteroatoms. The van der Waals surface area contributed by atoms with Gasteiger partial charge < -0.3 is 5.41 Å². The topological polar surface area (TPSA) is 23.9 Å². The van der Waals surface area contributed by atoms with Crippen molar-refractivity contribution >= 4 is 46.7 Å². The van der Waals surface area contributed by atoms with Crippen LogP contribution in [0.2, 0.25) is 0 Å². The van der Waals surface area contributed by atoms with Crippen molar-refractivity contribution in [3.8, 4) is 0 Å². The Hall–Kier alpha value is 1.76. The Morgan fingerprint density at radius 2 is 1.80 bits per heavy atom. The Morgan fingerprint density at radius 1 is 1.40 bits per heavy atom. The summed E-state index contributed by atoms with van der Waals surface area (Å²) in [5.74, 6) is 0. The molecule has 0 aromatic heterocycles. The first-order valence-corrected chi connectivity index (χ1v) is 18.5. The van der Waals surface area contributed by atoms with Crippen molar-refractivity contribution in [3.63, 3.8) is 0 Å². The van der Waals surface area contributed by atoms with Crippen LogP contribution in [0.4, 0.5) is 0 Å². The predicted octanol–water partition coefficient (Wildman–Crippen LogP) is 4.36. The van der Waals surface area contributed by atoms with E-state index in [0.717, 1.165) is 6.42 Å². The van der Waals surface area contributed by atoms with E-state index in [1.54, 1.807) is 0 Å². The zero-order valence-electron chi connectivity index (χ0n) is 5.67. The summed E-state index contributed by atoms with van der Waals surface area (Å²) in [5, 5.41) is 6.58. The molecule has 10 heavy (non-hydrogen) atoms. The maximum absolute atomic E-state index is 6.58. The van der Waals surface area contributed by atoms with Crippen LogP contribution in [0, 0.1) is 5.41 Å². The molecule has 0 saturated carbocycles. The zero-order chi connectivity index (χ0) is 8.41. The van der Waals surface area contributed by atoms with E-state index in [0.29, 0.717) is 0 Å². The van der Waals surface area contributed by atoms with E-state index in [2.05, 4.69) is 47.4 Å². The first-order valence-electron chi connectivity index (χ1n) is 2.78. The van der Waals surface area contributed by atoms with Gasteiger partial charge in [-0.25, -0.2) is 0 Å². The molecule has 0 radical (unpaired) electrons. The molecule has 0 aromatic carbocycles. The third-order valence-corrected chi connectivity index (χ3v) is 0.702. The molecule has 0 aliphatic heterocycles. The van der Waals surface area contributed by atoms with Gasteiger partial charge in [0.05, 0.1) is 0 Å². The minimum atomic E-state index is -0.896. The van der Waals surface area contributed by atoms with E-state index >= 15 is 0 Å². The maximum atomic E-state index is 6.58. The fourth-order valence-electron chi connectivity index (χ4n) is 0.306. The molecule has 0 bridgehead atoms. The number of rotatable bonds is 3. The average Bonchev–Trinajstić information content (AvgIpc) is 1.82. The van der Waals surface area contributed by atoms with Gasteiger partial charge in [-0.1, -0.05) is 13.3 Å². The summed E-state index contributed by atoms with van der Waals surface area (Å²) in [7, 11) is -0.896. The fraction of sp³-hybridized carbons (Fsp3) is 0.800. The van der Waals surface area contributed by atoms with Gasteiger partial charge in [0.2, 0.25) is 0 Å². The Kier molecular flexibility index (Phi) is 19.1. The Balaban J connectivity index is 0. The molecule has 0 aromatic rings. The molecule has 66 valence electrons. The molecule has 0 aliphatic carbocycles. The second kappa shape index (κ2) is 13.4. The van der Waals surface area contributed by atoms with Crippen LogP contribution in [-0.4, -0.2) is 6.21 Å². The standard InChI is InChI=1S/C5H11N.3BrH.Ir/c1-2-3-4-5-6;;;;/h5-6H,2-4H2,1H3;3*1H;/q;;;;+3/p-3. The molecule has 0 unspecified atom stereocenters. The normalized spacial score (nSPS) is 9.40. The Labute approximate surface area is 87.8 Å². The molecular weight excluding hydrogens is 506 g/mol. The van der Waals surface area contributed by atoms with Crippen LogP contribution < -0.4 is 0 Å². The van der Waals surface area contributed by atoms with Gasteiger partial charge in [0, 0.05) is 0 Å². The summed E-state index contributed by atoms with van der Waals surface area (Å²) in [6, 6.07) is 0. The van der Waals surface area contributed by atoms with Gasteiger partial charge >= 0.3 is 51.0 Å². The van der Waals surface area contributed by atoms with E-state index in [1.165, 1.54) is 19.1 Å². The van der Waals surface area contributed by atoms with Gasteiger partial charge in [0.25, 0.3) is 0 Å². The van der Waals surface area contributed by atoms with Crippen LogP contribution in [0.5, 0.6) is 0 Å². The van der Waals surface area contributed by atoms with E-state index in [9.17, 15) is 0 Å². The van der Waals surface area contributed by atoms with Crippen molar-refractivity contribution < 1.29 is 10.5 Å². The third-order valence-electron chi connectivity index (χ3n) is 0.702. The molecule has 0 aliphatic rings. The summed E-state index contributed by atoms with van der Waals surface area (Å²) in [4.78, 5) is 0.